The number of rotatable bonds is 3. The number of fused-ring (bicyclic) bond motifs is 1. The van der Waals surface area contributed by atoms with Gasteiger partial charge in [-0.05, 0) is 62.8 Å². The highest BCUT2D eigenvalue weighted by molar-refractivity contribution is 5.83. The first-order valence-corrected chi connectivity index (χ1v) is 11.1. The Balaban J connectivity index is 1.52. The SMILES string of the molecule is CC(C)[C@]1(C(=O)N2COc3ccc(C(F)(F)F)cc3C2)CC[C@@H](N2CCC[C@H](O)C2)C1. The molecule has 1 saturated carbocycles. The second-order valence-electron chi connectivity index (χ2n) is 9.60. The molecule has 0 spiro atoms. The lowest BCUT2D eigenvalue weighted by molar-refractivity contribution is -0.150. The summed E-state index contributed by atoms with van der Waals surface area (Å²) in [5.41, 5.74) is -0.899. The Morgan fingerprint density at radius 3 is 2.74 bits per heavy atom. The average Bonchev–Trinajstić information content (AvgIpc) is 3.19. The van der Waals surface area contributed by atoms with E-state index in [1.807, 2.05) is 13.8 Å². The molecule has 1 amide bonds. The third-order valence-corrected chi connectivity index (χ3v) is 7.41. The summed E-state index contributed by atoms with van der Waals surface area (Å²) in [5.74, 6) is 0.468. The van der Waals surface area contributed by atoms with Crippen LogP contribution in [-0.2, 0) is 17.5 Å². The van der Waals surface area contributed by atoms with Gasteiger partial charge in [0.25, 0.3) is 0 Å². The Bertz CT molecular complexity index is 829. The van der Waals surface area contributed by atoms with Crippen LogP contribution in [0, 0.1) is 11.3 Å². The first-order valence-electron chi connectivity index (χ1n) is 11.1. The van der Waals surface area contributed by atoms with Crippen molar-refractivity contribution in [3.8, 4) is 5.75 Å². The summed E-state index contributed by atoms with van der Waals surface area (Å²) in [7, 11) is 0. The van der Waals surface area contributed by atoms with Gasteiger partial charge in [0.05, 0.1) is 23.6 Å². The summed E-state index contributed by atoms with van der Waals surface area (Å²) in [4.78, 5) is 17.6. The topological polar surface area (TPSA) is 53.0 Å². The second-order valence-corrected chi connectivity index (χ2v) is 9.60. The van der Waals surface area contributed by atoms with E-state index in [0.29, 0.717) is 24.3 Å². The standard InChI is InChI=1S/C23H31F3N2O3/c1-15(2)22(8-7-18(11-22)27-9-3-4-19(29)13-27)21(30)28-12-16-10-17(23(24,25)26)5-6-20(16)31-14-28/h5-6,10,15,18-19,29H,3-4,7-9,11-14H2,1-2H3/t18-,19+,22+/m1/s1. The van der Waals surface area contributed by atoms with Gasteiger partial charge >= 0.3 is 6.18 Å². The lowest BCUT2D eigenvalue weighted by Crippen LogP contribution is -2.49. The van der Waals surface area contributed by atoms with Crippen LogP contribution in [0.3, 0.4) is 0 Å². The van der Waals surface area contributed by atoms with E-state index < -0.39 is 17.2 Å². The van der Waals surface area contributed by atoms with Crippen molar-refractivity contribution in [1.29, 1.82) is 0 Å². The number of benzene rings is 1. The number of carbonyl (C=O) groups excluding carboxylic acids is 1. The number of hydrogen-bond acceptors (Lipinski definition) is 4. The van der Waals surface area contributed by atoms with Crippen LogP contribution >= 0.6 is 0 Å². The number of alkyl halides is 3. The van der Waals surface area contributed by atoms with Gasteiger partial charge in [-0.2, -0.15) is 13.2 Å². The van der Waals surface area contributed by atoms with Crippen LogP contribution < -0.4 is 4.74 Å². The minimum Gasteiger partial charge on any atom is -0.473 e. The molecule has 8 heteroatoms. The van der Waals surface area contributed by atoms with Crippen LogP contribution in [-0.4, -0.2) is 52.8 Å². The highest BCUT2D eigenvalue weighted by Gasteiger charge is 2.51. The number of β-amino-alcohol motifs (C(OH)–C–C–N with tert-alkyl or cyclic N) is 1. The Hall–Kier alpha value is -1.80. The third kappa shape index (κ3) is 4.29. The van der Waals surface area contributed by atoms with Crippen molar-refractivity contribution >= 4 is 5.91 Å². The Kier molecular flexibility index (Phi) is 5.98. The Morgan fingerprint density at radius 2 is 2.06 bits per heavy atom. The number of piperidine rings is 1. The zero-order chi connectivity index (χ0) is 22.4. The van der Waals surface area contributed by atoms with Crippen LogP contribution in [0.1, 0.15) is 57.1 Å². The fraction of sp³-hybridized carbons (Fsp3) is 0.696. The fourth-order valence-corrected chi connectivity index (χ4v) is 5.51. The number of nitrogens with zero attached hydrogens (tertiary/aromatic N) is 2. The summed E-state index contributed by atoms with van der Waals surface area (Å²) < 4.78 is 45.0. The van der Waals surface area contributed by atoms with Gasteiger partial charge in [-0.15, -0.1) is 0 Å². The molecule has 2 heterocycles. The molecule has 1 aromatic rings. The Labute approximate surface area is 181 Å². The lowest BCUT2D eigenvalue weighted by Gasteiger charge is -2.40. The van der Waals surface area contributed by atoms with Crippen molar-refractivity contribution in [2.45, 2.75) is 70.8 Å². The zero-order valence-electron chi connectivity index (χ0n) is 18.1. The van der Waals surface area contributed by atoms with E-state index in [-0.39, 0.29) is 37.2 Å². The zero-order valence-corrected chi connectivity index (χ0v) is 18.1. The maximum absolute atomic E-state index is 13.7. The molecule has 0 unspecified atom stereocenters. The molecular weight excluding hydrogens is 409 g/mol. The van der Waals surface area contributed by atoms with E-state index in [0.717, 1.165) is 44.4 Å². The van der Waals surface area contributed by atoms with Crippen LogP contribution in [0.2, 0.25) is 0 Å². The van der Waals surface area contributed by atoms with Gasteiger partial charge in [-0.1, -0.05) is 13.8 Å². The maximum Gasteiger partial charge on any atom is 0.416 e. The van der Waals surface area contributed by atoms with Gasteiger partial charge < -0.3 is 14.7 Å². The number of amides is 1. The second kappa shape index (κ2) is 8.28. The van der Waals surface area contributed by atoms with E-state index in [4.69, 9.17) is 4.74 Å². The summed E-state index contributed by atoms with van der Waals surface area (Å²) in [6.45, 7) is 5.86. The first-order chi connectivity index (χ1) is 14.6. The van der Waals surface area contributed by atoms with E-state index in [9.17, 15) is 23.1 Å². The van der Waals surface area contributed by atoms with Gasteiger partial charge in [0.1, 0.15) is 5.75 Å². The third-order valence-electron chi connectivity index (χ3n) is 7.41. The monoisotopic (exact) mass is 440 g/mol. The molecule has 2 fully saturated rings. The number of likely N-dealkylation sites (tertiary alicyclic amines) is 1. The smallest absolute Gasteiger partial charge is 0.416 e. The van der Waals surface area contributed by atoms with Crippen LogP contribution in [0.15, 0.2) is 18.2 Å². The molecule has 172 valence electrons. The molecular formula is C23H31F3N2O3. The van der Waals surface area contributed by atoms with Crippen LogP contribution in [0.5, 0.6) is 5.75 Å². The molecule has 5 nitrogen and oxygen atoms in total. The molecule has 1 aliphatic carbocycles. The van der Waals surface area contributed by atoms with Gasteiger partial charge in [0, 0.05) is 18.2 Å². The average molecular weight is 441 g/mol. The minimum atomic E-state index is -4.43. The molecule has 0 radical (unpaired) electrons. The fourth-order valence-electron chi connectivity index (χ4n) is 5.51. The van der Waals surface area contributed by atoms with E-state index in [1.165, 1.54) is 6.07 Å². The van der Waals surface area contributed by atoms with Crippen molar-refractivity contribution < 1.29 is 27.8 Å². The molecule has 1 aromatic carbocycles. The van der Waals surface area contributed by atoms with Crippen LogP contribution in [0.4, 0.5) is 13.2 Å². The highest BCUT2D eigenvalue weighted by atomic mass is 19.4. The predicted octanol–water partition coefficient (Wildman–Crippen LogP) is 4.04. The van der Waals surface area contributed by atoms with Gasteiger partial charge in [-0.25, -0.2) is 0 Å². The van der Waals surface area contributed by atoms with Crippen molar-refractivity contribution in [2.75, 3.05) is 19.8 Å². The molecule has 3 aliphatic rings. The lowest BCUT2D eigenvalue weighted by atomic mass is 9.74. The molecule has 31 heavy (non-hydrogen) atoms. The molecule has 4 rings (SSSR count). The van der Waals surface area contributed by atoms with Crippen molar-refractivity contribution in [2.24, 2.45) is 11.3 Å². The maximum atomic E-state index is 13.7. The van der Waals surface area contributed by atoms with Crippen LogP contribution in [0.25, 0.3) is 0 Å². The molecule has 3 atom stereocenters. The molecule has 2 aliphatic heterocycles. The Morgan fingerprint density at radius 1 is 1.29 bits per heavy atom. The molecule has 1 N–H and O–H groups in total. The van der Waals surface area contributed by atoms with Crippen molar-refractivity contribution in [3.63, 3.8) is 0 Å². The summed E-state index contributed by atoms with van der Waals surface area (Å²) >= 11 is 0. The van der Waals surface area contributed by atoms with Crippen molar-refractivity contribution in [1.82, 2.24) is 9.80 Å². The predicted molar refractivity (Wildman–Crippen MR) is 109 cm³/mol. The van der Waals surface area contributed by atoms with Gasteiger partial charge in [0.15, 0.2) is 6.73 Å². The van der Waals surface area contributed by atoms with Crippen molar-refractivity contribution in [3.05, 3.63) is 29.3 Å². The number of aliphatic hydroxyl groups is 1. The summed E-state index contributed by atoms with van der Waals surface area (Å²) in [6.07, 6.45) is -0.624. The van der Waals surface area contributed by atoms with Gasteiger partial charge in [-0.3, -0.25) is 9.69 Å². The van der Waals surface area contributed by atoms with Gasteiger partial charge in [0.2, 0.25) is 5.91 Å². The molecule has 0 bridgehead atoms. The van der Waals surface area contributed by atoms with E-state index in [2.05, 4.69) is 4.90 Å². The summed E-state index contributed by atoms with van der Waals surface area (Å²) in [6, 6.07) is 3.69. The number of halogens is 3. The molecule has 0 aromatic heterocycles. The quantitative estimate of drug-likeness (QED) is 0.771. The summed E-state index contributed by atoms with van der Waals surface area (Å²) in [5, 5.41) is 10.1. The number of ether oxygens (including phenoxy) is 1. The number of aliphatic hydroxyl groups excluding tert-OH is 1. The molecule has 1 saturated heterocycles. The largest absolute Gasteiger partial charge is 0.473 e. The van der Waals surface area contributed by atoms with E-state index in [1.54, 1.807) is 4.90 Å². The first kappa shape index (κ1) is 22.4. The van der Waals surface area contributed by atoms with E-state index >= 15 is 0 Å². The normalized spacial score (nSPS) is 29.7. The number of carbonyl (C=O) groups is 1. The highest BCUT2D eigenvalue weighted by Crippen LogP contribution is 2.48. The number of hydrogen-bond donors (Lipinski definition) is 1. The minimum absolute atomic E-state index is 0.0365.